The number of hydrogen-bond acceptors (Lipinski definition) is 3. The van der Waals surface area contributed by atoms with Gasteiger partial charge >= 0.3 is 0 Å². The fourth-order valence-electron chi connectivity index (χ4n) is 2.61. The first-order valence-corrected chi connectivity index (χ1v) is 6.29. The van der Waals surface area contributed by atoms with Crippen LogP contribution < -0.4 is 0 Å². The average Bonchev–Trinajstić information content (AvgIpc) is 2.93. The zero-order valence-electron chi connectivity index (χ0n) is 10.4. The number of fused-ring (bicyclic) bond motifs is 1. The van der Waals surface area contributed by atoms with Crippen LogP contribution in [0.4, 0.5) is 0 Å². The molecule has 5 nitrogen and oxygen atoms in total. The molecule has 2 aliphatic rings. The van der Waals surface area contributed by atoms with Crippen LogP contribution >= 0.6 is 0 Å². The Morgan fingerprint density at radius 2 is 2.17 bits per heavy atom. The summed E-state index contributed by atoms with van der Waals surface area (Å²) in [5, 5.41) is 0. The number of aryl methyl sites for hydroxylation is 1. The maximum Gasteiger partial charge on any atom is 0.290 e. The van der Waals surface area contributed by atoms with Gasteiger partial charge in [-0.05, 0) is 24.8 Å². The van der Waals surface area contributed by atoms with Gasteiger partial charge in [0.15, 0.2) is 5.76 Å². The van der Waals surface area contributed by atoms with Crippen molar-refractivity contribution < 1.29 is 14.0 Å². The molecule has 0 radical (unpaired) electrons. The zero-order valence-corrected chi connectivity index (χ0v) is 10.4. The summed E-state index contributed by atoms with van der Waals surface area (Å²) < 4.78 is 5.40. The Morgan fingerprint density at radius 3 is 2.94 bits per heavy atom. The number of rotatable bonds is 1. The van der Waals surface area contributed by atoms with E-state index in [1.807, 2.05) is 0 Å². The minimum atomic E-state index is -0.139. The molecule has 5 heteroatoms. The molecular formula is C13H16N2O3. The van der Waals surface area contributed by atoms with Gasteiger partial charge in [-0.3, -0.25) is 9.59 Å². The van der Waals surface area contributed by atoms with Gasteiger partial charge in [-0.2, -0.15) is 0 Å². The van der Waals surface area contributed by atoms with Crippen LogP contribution in [0.25, 0.3) is 0 Å². The van der Waals surface area contributed by atoms with Crippen molar-refractivity contribution in [3.05, 3.63) is 23.2 Å². The number of likely N-dealkylation sites (N-methyl/N-ethyl adjacent to an activating group) is 1. The van der Waals surface area contributed by atoms with Crippen LogP contribution in [0.15, 0.2) is 10.7 Å². The second-order valence-electron chi connectivity index (χ2n) is 4.96. The Labute approximate surface area is 105 Å². The molecule has 0 saturated carbocycles. The van der Waals surface area contributed by atoms with Gasteiger partial charge in [-0.15, -0.1) is 0 Å². The summed E-state index contributed by atoms with van der Waals surface area (Å²) in [6, 6.07) is 0. The second kappa shape index (κ2) is 4.15. The van der Waals surface area contributed by atoms with E-state index >= 15 is 0 Å². The van der Waals surface area contributed by atoms with Crippen LogP contribution in [0.1, 0.15) is 28.1 Å². The lowest BCUT2D eigenvalue weighted by molar-refractivity contribution is -0.133. The molecule has 1 aromatic rings. The number of furan rings is 1. The zero-order chi connectivity index (χ0) is 12.7. The number of nitrogens with zero attached hydrogens (tertiary/aromatic N) is 2. The third kappa shape index (κ3) is 1.70. The topological polar surface area (TPSA) is 53.8 Å². The van der Waals surface area contributed by atoms with Crippen LogP contribution in [-0.2, 0) is 17.6 Å². The number of carbonyl (C=O) groups is 2. The van der Waals surface area contributed by atoms with Gasteiger partial charge in [0.2, 0.25) is 5.91 Å². The Kier molecular flexibility index (Phi) is 2.61. The number of carbonyl (C=O) groups excluding carboxylic acids is 2. The summed E-state index contributed by atoms with van der Waals surface area (Å²) in [6.07, 6.45) is 4.68. The first-order chi connectivity index (χ1) is 8.66. The molecule has 0 atom stereocenters. The average molecular weight is 248 g/mol. The van der Waals surface area contributed by atoms with Crippen molar-refractivity contribution in [2.24, 2.45) is 0 Å². The van der Waals surface area contributed by atoms with E-state index in [0.29, 0.717) is 18.8 Å². The SMILES string of the molecule is CN1CCN(C(=O)c2occ3c2CCC3)CC1=O. The van der Waals surface area contributed by atoms with E-state index in [-0.39, 0.29) is 18.4 Å². The van der Waals surface area contributed by atoms with Gasteiger partial charge in [0.1, 0.15) is 6.54 Å². The smallest absolute Gasteiger partial charge is 0.290 e. The van der Waals surface area contributed by atoms with Gasteiger partial charge in [0.05, 0.1) is 6.26 Å². The van der Waals surface area contributed by atoms with E-state index in [1.165, 1.54) is 0 Å². The summed E-state index contributed by atoms with van der Waals surface area (Å²) >= 11 is 0. The van der Waals surface area contributed by atoms with Crippen LogP contribution in [0.3, 0.4) is 0 Å². The maximum absolute atomic E-state index is 12.3. The lowest BCUT2D eigenvalue weighted by Gasteiger charge is -2.31. The van der Waals surface area contributed by atoms with Crippen molar-refractivity contribution in [1.82, 2.24) is 9.80 Å². The monoisotopic (exact) mass is 248 g/mol. The second-order valence-corrected chi connectivity index (χ2v) is 4.96. The normalized spacial score (nSPS) is 19.3. The largest absolute Gasteiger partial charge is 0.459 e. The summed E-state index contributed by atoms with van der Waals surface area (Å²) in [5.74, 6) is 0.289. The fraction of sp³-hybridized carbons (Fsp3) is 0.538. The Balaban J connectivity index is 1.80. The highest BCUT2D eigenvalue weighted by molar-refractivity contribution is 5.96. The molecule has 96 valence electrons. The van der Waals surface area contributed by atoms with Crippen molar-refractivity contribution in [3.63, 3.8) is 0 Å². The van der Waals surface area contributed by atoms with Gasteiger partial charge in [-0.25, -0.2) is 0 Å². The Bertz CT molecular complexity index is 506. The molecule has 0 N–H and O–H groups in total. The summed E-state index contributed by atoms with van der Waals surface area (Å²) in [4.78, 5) is 27.2. The highest BCUT2D eigenvalue weighted by Gasteiger charge is 2.30. The van der Waals surface area contributed by atoms with E-state index in [9.17, 15) is 9.59 Å². The minimum absolute atomic E-state index is 0.0159. The molecule has 18 heavy (non-hydrogen) atoms. The van der Waals surface area contributed by atoms with E-state index in [2.05, 4.69) is 0 Å². The van der Waals surface area contributed by atoms with Crippen molar-refractivity contribution in [2.75, 3.05) is 26.7 Å². The molecule has 2 amide bonds. The first-order valence-electron chi connectivity index (χ1n) is 6.29. The van der Waals surface area contributed by atoms with Gasteiger partial charge < -0.3 is 14.2 Å². The molecule has 3 rings (SSSR count). The third-order valence-corrected chi connectivity index (χ3v) is 3.79. The Hall–Kier alpha value is -1.78. The van der Waals surface area contributed by atoms with Gasteiger partial charge in [0.25, 0.3) is 5.91 Å². The molecule has 1 fully saturated rings. The quantitative estimate of drug-likeness (QED) is 0.734. The van der Waals surface area contributed by atoms with Crippen molar-refractivity contribution in [3.8, 4) is 0 Å². The van der Waals surface area contributed by atoms with Crippen LogP contribution in [0, 0.1) is 0 Å². The number of amides is 2. The van der Waals surface area contributed by atoms with Gasteiger partial charge in [0, 0.05) is 25.7 Å². The van der Waals surface area contributed by atoms with E-state index in [4.69, 9.17) is 4.42 Å². The molecule has 1 saturated heterocycles. The van der Waals surface area contributed by atoms with Gasteiger partial charge in [-0.1, -0.05) is 0 Å². The summed E-state index contributed by atoms with van der Waals surface area (Å²) in [7, 11) is 1.76. The van der Waals surface area contributed by atoms with E-state index in [1.54, 1.807) is 23.1 Å². The molecule has 0 bridgehead atoms. The molecule has 2 heterocycles. The lowest BCUT2D eigenvalue weighted by Crippen LogP contribution is -2.50. The molecular weight excluding hydrogens is 232 g/mol. The van der Waals surface area contributed by atoms with Crippen molar-refractivity contribution >= 4 is 11.8 Å². The highest BCUT2D eigenvalue weighted by Crippen LogP contribution is 2.28. The third-order valence-electron chi connectivity index (χ3n) is 3.79. The number of piperazine rings is 1. The van der Waals surface area contributed by atoms with E-state index in [0.717, 1.165) is 30.4 Å². The Morgan fingerprint density at radius 1 is 1.33 bits per heavy atom. The molecule has 0 unspecified atom stereocenters. The first kappa shape index (κ1) is 11.3. The summed E-state index contributed by atoms with van der Waals surface area (Å²) in [5.41, 5.74) is 2.20. The summed E-state index contributed by atoms with van der Waals surface area (Å²) in [6.45, 7) is 1.33. The van der Waals surface area contributed by atoms with Crippen molar-refractivity contribution in [2.45, 2.75) is 19.3 Å². The van der Waals surface area contributed by atoms with E-state index < -0.39 is 0 Å². The van der Waals surface area contributed by atoms with Crippen LogP contribution in [-0.4, -0.2) is 48.3 Å². The highest BCUT2D eigenvalue weighted by atomic mass is 16.3. The molecule has 1 aliphatic carbocycles. The molecule has 1 aromatic heterocycles. The number of hydrogen-bond donors (Lipinski definition) is 0. The molecule has 0 aromatic carbocycles. The van der Waals surface area contributed by atoms with Crippen LogP contribution in [0.2, 0.25) is 0 Å². The lowest BCUT2D eigenvalue weighted by atomic mass is 10.1. The molecule has 1 aliphatic heterocycles. The molecule has 0 spiro atoms. The standard InChI is InChI=1S/C13H16N2O3/c1-14-5-6-15(7-11(14)16)13(17)12-10-4-2-3-9(10)8-18-12/h8H,2-7H2,1H3. The predicted molar refractivity (Wildman–Crippen MR) is 64.3 cm³/mol. The maximum atomic E-state index is 12.3. The predicted octanol–water partition coefficient (Wildman–Crippen LogP) is 0.683. The fourth-order valence-corrected chi connectivity index (χ4v) is 2.61. The minimum Gasteiger partial charge on any atom is -0.459 e. The van der Waals surface area contributed by atoms with Crippen LogP contribution in [0.5, 0.6) is 0 Å². The van der Waals surface area contributed by atoms with Crippen molar-refractivity contribution in [1.29, 1.82) is 0 Å².